The van der Waals surface area contributed by atoms with Gasteiger partial charge in [0.1, 0.15) is 17.7 Å². The summed E-state index contributed by atoms with van der Waals surface area (Å²) in [5.74, 6) is 0.875. The number of halogens is 1. The summed E-state index contributed by atoms with van der Waals surface area (Å²) in [6, 6.07) is 8.87. The first-order valence-electron chi connectivity index (χ1n) is 5.94. The van der Waals surface area contributed by atoms with Gasteiger partial charge in [0.25, 0.3) is 0 Å². The molecule has 0 radical (unpaired) electrons. The highest BCUT2D eigenvalue weighted by molar-refractivity contribution is 6.30. The topological polar surface area (TPSA) is 68.4 Å². The fraction of sp³-hybridized carbons (Fsp3) is 0.214. The number of ether oxygens (including phenoxy) is 1. The third kappa shape index (κ3) is 2.97. The van der Waals surface area contributed by atoms with Crippen LogP contribution in [0.5, 0.6) is 5.75 Å². The third-order valence-electron chi connectivity index (χ3n) is 2.72. The Morgan fingerprint density at radius 1 is 1.37 bits per heavy atom. The number of anilines is 1. The smallest absolute Gasteiger partial charge is 0.129 e. The molecule has 0 aliphatic rings. The minimum atomic E-state index is -0.922. The Labute approximate surface area is 116 Å². The Bertz CT molecular complexity index is 575. The van der Waals surface area contributed by atoms with E-state index in [0.29, 0.717) is 28.5 Å². The van der Waals surface area contributed by atoms with Crippen molar-refractivity contribution in [3.8, 4) is 5.75 Å². The number of hydrogen-bond acceptors (Lipinski definition) is 4. The molecule has 2 rings (SSSR count). The van der Waals surface area contributed by atoms with Crippen LogP contribution in [0.1, 0.15) is 24.2 Å². The van der Waals surface area contributed by atoms with Crippen LogP contribution in [0.3, 0.4) is 0 Å². The maximum atomic E-state index is 10.4. The van der Waals surface area contributed by atoms with Crippen molar-refractivity contribution in [2.45, 2.75) is 13.0 Å². The highest BCUT2D eigenvalue weighted by atomic mass is 35.5. The summed E-state index contributed by atoms with van der Waals surface area (Å²) in [5, 5.41) is 10.9. The van der Waals surface area contributed by atoms with E-state index in [-0.39, 0.29) is 5.82 Å². The summed E-state index contributed by atoms with van der Waals surface area (Å²) in [7, 11) is 0. The lowest BCUT2D eigenvalue weighted by atomic mass is 10.0. The molecular formula is C14H15ClN2O2. The molecule has 3 N–H and O–H groups in total. The van der Waals surface area contributed by atoms with Gasteiger partial charge < -0.3 is 15.6 Å². The molecule has 0 saturated carbocycles. The molecule has 0 amide bonds. The first-order chi connectivity index (χ1) is 9.13. The zero-order valence-corrected chi connectivity index (χ0v) is 11.3. The number of aliphatic hydroxyl groups is 1. The monoisotopic (exact) mass is 278 g/mol. The van der Waals surface area contributed by atoms with Crippen LogP contribution in [-0.4, -0.2) is 16.7 Å². The van der Waals surface area contributed by atoms with E-state index in [4.69, 9.17) is 22.1 Å². The van der Waals surface area contributed by atoms with Crippen molar-refractivity contribution in [1.29, 1.82) is 0 Å². The number of para-hydroxylation sites is 1. The van der Waals surface area contributed by atoms with Crippen LogP contribution in [0.2, 0.25) is 5.02 Å². The average Bonchev–Trinajstić information content (AvgIpc) is 2.42. The predicted octanol–water partition coefficient (Wildman–Crippen LogP) is 2.80. The van der Waals surface area contributed by atoms with Crippen LogP contribution in [0.15, 0.2) is 36.5 Å². The van der Waals surface area contributed by atoms with Crippen LogP contribution in [-0.2, 0) is 0 Å². The Morgan fingerprint density at radius 3 is 2.84 bits per heavy atom. The van der Waals surface area contributed by atoms with Gasteiger partial charge in [-0.25, -0.2) is 4.98 Å². The SMILES string of the molecule is CCOc1ccccc1C(O)c1cc(Cl)cnc1N. The molecule has 1 unspecified atom stereocenters. The highest BCUT2D eigenvalue weighted by Crippen LogP contribution is 2.32. The van der Waals surface area contributed by atoms with Crippen molar-refractivity contribution in [3.05, 3.63) is 52.7 Å². The second-order valence-electron chi connectivity index (χ2n) is 4.00. The molecule has 1 atom stereocenters. The minimum Gasteiger partial charge on any atom is -0.493 e. The summed E-state index contributed by atoms with van der Waals surface area (Å²) in [5.41, 5.74) is 6.89. The van der Waals surface area contributed by atoms with Gasteiger partial charge in [-0.05, 0) is 19.1 Å². The molecule has 2 aromatic rings. The van der Waals surface area contributed by atoms with Crippen molar-refractivity contribution in [1.82, 2.24) is 4.98 Å². The maximum absolute atomic E-state index is 10.4. The first kappa shape index (κ1) is 13.6. The Hall–Kier alpha value is -1.78. The molecule has 5 heteroatoms. The molecular weight excluding hydrogens is 264 g/mol. The second kappa shape index (κ2) is 5.91. The van der Waals surface area contributed by atoms with Crippen molar-refractivity contribution in [2.75, 3.05) is 12.3 Å². The van der Waals surface area contributed by atoms with E-state index in [1.54, 1.807) is 18.2 Å². The van der Waals surface area contributed by atoms with Crippen LogP contribution >= 0.6 is 11.6 Å². The molecule has 1 heterocycles. The molecule has 0 spiro atoms. The van der Waals surface area contributed by atoms with Gasteiger partial charge in [0.05, 0.1) is 11.6 Å². The number of hydrogen-bond donors (Lipinski definition) is 2. The number of benzene rings is 1. The quantitative estimate of drug-likeness (QED) is 0.902. The molecule has 19 heavy (non-hydrogen) atoms. The second-order valence-corrected chi connectivity index (χ2v) is 4.44. The van der Waals surface area contributed by atoms with Gasteiger partial charge in [-0.15, -0.1) is 0 Å². The standard InChI is InChI=1S/C14H15ClN2O2/c1-2-19-12-6-4-3-5-10(12)13(18)11-7-9(15)8-17-14(11)16/h3-8,13,18H,2H2,1H3,(H2,16,17). The van der Waals surface area contributed by atoms with Gasteiger partial charge >= 0.3 is 0 Å². The Balaban J connectivity index is 2.43. The number of nitrogens with zero attached hydrogens (tertiary/aromatic N) is 1. The van der Waals surface area contributed by atoms with Crippen molar-refractivity contribution >= 4 is 17.4 Å². The lowest BCUT2D eigenvalue weighted by Gasteiger charge is -2.17. The highest BCUT2D eigenvalue weighted by Gasteiger charge is 2.18. The van der Waals surface area contributed by atoms with Gasteiger partial charge in [0.2, 0.25) is 0 Å². The van der Waals surface area contributed by atoms with Crippen molar-refractivity contribution < 1.29 is 9.84 Å². The zero-order valence-electron chi connectivity index (χ0n) is 10.5. The van der Waals surface area contributed by atoms with Gasteiger partial charge in [-0.3, -0.25) is 0 Å². The first-order valence-corrected chi connectivity index (χ1v) is 6.32. The number of aromatic nitrogens is 1. The van der Waals surface area contributed by atoms with E-state index in [1.807, 2.05) is 19.1 Å². The summed E-state index contributed by atoms with van der Waals surface area (Å²) >= 11 is 5.89. The summed E-state index contributed by atoms with van der Waals surface area (Å²) in [6.45, 7) is 2.41. The van der Waals surface area contributed by atoms with Crippen LogP contribution < -0.4 is 10.5 Å². The van der Waals surface area contributed by atoms with E-state index in [2.05, 4.69) is 4.98 Å². The fourth-order valence-corrected chi connectivity index (χ4v) is 2.01. The van der Waals surface area contributed by atoms with Crippen LogP contribution in [0.25, 0.3) is 0 Å². The normalized spacial score (nSPS) is 12.2. The van der Waals surface area contributed by atoms with Gasteiger partial charge in [0, 0.05) is 17.3 Å². The molecule has 0 saturated heterocycles. The summed E-state index contributed by atoms with van der Waals surface area (Å²) in [4.78, 5) is 3.95. The summed E-state index contributed by atoms with van der Waals surface area (Å²) in [6.07, 6.45) is 0.524. The Morgan fingerprint density at radius 2 is 2.11 bits per heavy atom. The average molecular weight is 279 g/mol. The molecule has 4 nitrogen and oxygen atoms in total. The number of nitrogens with two attached hydrogens (primary N) is 1. The Kier molecular flexibility index (Phi) is 4.24. The fourth-order valence-electron chi connectivity index (χ4n) is 1.85. The van der Waals surface area contributed by atoms with Crippen LogP contribution in [0, 0.1) is 0 Å². The molecule has 100 valence electrons. The number of nitrogen functional groups attached to an aromatic ring is 1. The van der Waals surface area contributed by atoms with E-state index in [0.717, 1.165) is 0 Å². The molecule has 0 aliphatic heterocycles. The largest absolute Gasteiger partial charge is 0.493 e. The number of rotatable bonds is 4. The van der Waals surface area contributed by atoms with Gasteiger partial charge in [0.15, 0.2) is 0 Å². The molecule has 1 aromatic heterocycles. The molecule has 1 aromatic carbocycles. The molecule has 0 fully saturated rings. The van der Waals surface area contributed by atoms with Crippen molar-refractivity contribution in [3.63, 3.8) is 0 Å². The summed E-state index contributed by atoms with van der Waals surface area (Å²) < 4.78 is 5.50. The number of pyridine rings is 1. The maximum Gasteiger partial charge on any atom is 0.129 e. The minimum absolute atomic E-state index is 0.253. The number of aliphatic hydroxyl groups excluding tert-OH is 1. The molecule has 0 aliphatic carbocycles. The van der Waals surface area contributed by atoms with Gasteiger partial charge in [-0.2, -0.15) is 0 Å². The van der Waals surface area contributed by atoms with E-state index in [1.165, 1.54) is 6.20 Å². The van der Waals surface area contributed by atoms with Crippen LogP contribution in [0.4, 0.5) is 5.82 Å². The molecule has 0 bridgehead atoms. The van der Waals surface area contributed by atoms with Crippen molar-refractivity contribution in [2.24, 2.45) is 0 Å². The predicted molar refractivity (Wildman–Crippen MR) is 75.3 cm³/mol. The lowest BCUT2D eigenvalue weighted by Crippen LogP contribution is -2.07. The third-order valence-corrected chi connectivity index (χ3v) is 2.93. The van der Waals surface area contributed by atoms with E-state index < -0.39 is 6.10 Å². The van der Waals surface area contributed by atoms with E-state index >= 15 is 0 Å². The lowest BCUT2D eigenvalue weighted by molar-refractivity contribution is 0.212. The van der Waals surface area contributed by atoms with Gasteiger partial charge in [-0.1, -0.05) is 29.8 Å². The van der Waals surface area contributed by atoms with E-state index in [9.17, 15) is 5.11 Å². The zero-order chi connectivity index (χ0) is 13.8.